The van der Waals surface area contributed by atoms with Gasteiger partial charge in [0.15, 0.2) is 0 Å². The van der Waals surface area contributed by atoms with Crippen LogP contribution in [0.25, 0.3) is 11.1 Å². The van der Waals surface area contributed by atoms with Gasteiger partial charge in [-0.3, -0.25) is 0 Å². The predicted octanol–water partition coefficient (Wildman–Crippen LogP) is 3.13. The van der Waals surface area contributed by atoms with Gasteiger partial charge in [0.2, 0.25) is 0 Å². The minimum absolute atomic E-state index is 0.920. The third-order valence-corrected chi connectivity index (χ3v) is 2.70. The highest BCUT2D eigenvalue weighted by Crippen LogP contribution is 2.38. The van der Waals surface area contributed by atoms with Crippen molar-refractivity contribution in [2.75, 3.05) is 0 Å². The monoisotopic (exact) mass is 188 g/mol. The maximum absolute atomic E-state index is 5.47. The first-order valence-electron chi connectivity index (χ1n) is 4.86. The highest BCUT2D eigenvalue weighted by molar-refractivity contribution is 5.83. The van der Waals surface area contributed by atoms with E-state index in [-0.39, 0.29) is 0 Å². The van der Waals surface area contributed by atoms with E-state index in [1.54, 1.807) is 0 Å². The first-order valence-corrected chi connectivity index (χ1v) is 4.86. The number of hydrogen-bond acceptors (Lipinski definition) is 0. The summed E-state index contributed by atoms with van der Waals surface area (Å²) in [5, 5.41) is 0. The quantitative estimate of drug-likeness (QED) is 0.475. The second-order valence-electron chi connectivity index (χ2n) is 3.54. The number of hydrogen-bond donors (Lipinski definition) is 0. The molecule has 0 saturated carbocycles. The van der Waals surface area contributed by atoms with Crippen LogP contribution in [0.3, 0.4) is 0 Å². The molecule has 0 fully saturated rings. The Morgan fingerprint density at radius 1 is 0.933 bits per heavy atom. The first kappa shape index (κ1) is 8.32. The minimum Gasteiger partial charge on any atom is -0.115 e. The van der Waals surface area contributed by atoms with Gasteiger partial charge < -0.3 is 0 Å². The van der Waals surface area contributed by atoms with Gasteiger partial charge in [-0.2, -0.15) is 0 Å². The van der Waals surface area contributed by atoms with Gasteiger partial charge in [-0.05, 0) is 28.3 Å². The number of rotatable bonds is 0. The van der Waals surface area contributed by atoms with Crippen molar-refractivity contribution in [2.24, 2.45) is 0 Å². The summed E-state index contributed by atoms with van der Waals surface area (Å²) in [5.74, 6) is 2.70. The van der Waals surface area contributed by atoms with Crippen LogP contribution in [0.2, 0.25) is 0 Å². The molecule has 0 N–H and O–H groups in total. The Morgan fingerprint density at radius 2 is 1.73 bits per heavy atom. The van der Waals surface area contributed by atoms with Crippen molar-refractivity contribution in [1.29, 1.82) is 0 Å². The molecule has 0 aliphatic heterocycles. The summed E-state index contributed by atoms with van der Waals surface area (Å²) in [6.07, 6.45) is 8.82. The highest BCUT2D eigenvalue weighted by Gasteiger charge is 2.20. The lowest BCUT2D eigenvalue weighted by Gasteiger charge is -2.01. The fourth-order valence-corrected chi connectivity index (χ4v) is 1.99. The van der Waals surface area contributed by atoms with Crippen molar-refractivity contribution in [3.05, 3.63) is 65.6 Å². The second-order valence-corrected chi connectivity index (χ2v) is 3.54. The molecule has 0 spiro atoms. The fraction of sp³-hybridized carbons (Fsp3) is 0. The standard InChI is InChI=1S/C15H8/c1-2-11-7-5-9-14-13-8-4-3-6-12(13)10-15(11)14/h1,3-9H. The Kier molecular flexibility index (Phi) is 1.66. The predicted molar refractivity (Wildman–Crippen MR) is 61.3 cm³/mol. The van der Waals surface area contributed by atoms with Crippen LogP contribution in [-0.4, -0.2) is 0 Å². The maximum atomic E-state index is 5.47. The Bertz CT molecular complexity index is 571. The van der Waals surface area contributed by atoms with Gasteiger partial charge in [0.05, 0.1) is 6.42 Å². The van der Waals surface area contributed by atoms with Crippen LogP contribution in [0.4, 0.5) is 0 Å². The summed E-state index contributed by atoms with van der Waals surface area (Å²) < 4.78 is 0. The number of fused-ring (bicyclic) bond motifs is 3. The van der Waals surface area contributed by atoms with Gasteiger partial charge in [0.25, 0.3) is 0 Å². The van der Waals surface area contributed by atoms with Crippen LogP contribution in [-0.2, 0) is 0 Å². The van der Waals surface area contributed by atoms with E-state index in [2.05, 4.69) is 30.5 Å². The topological polar surface area (TPSA) is 0 Å². The van der Waals surface area contributed by atoms with Crippen molar-refractivity contribution in [3.63, 3.8) is 0 Å². The third-order valence-electron chi connectivity index (χ3n) is 2.70. The molecule has 0 amide bonds. The van der Waals surface area contributed by atoms with E-state index in [1.165, 1.54) is 11.1 Å². The van der Waals surface area contributed by atoms with Crippen LogP contribution >= 0.6 is 0 Å². The van der Waals surface area contributed by atoms with Gasteiger partial charge in [-0.15, -0.1) is 6.42 Å². The van der Waals surface area contributed by atoms with Crippen molar-refractivity contribution >= 4 is 0 Å². The van der Waals surface area contributed by atoms with Crippen LogP contribution in [0.1, 0.15) is 16.7 Å². The lowest BCUT2D eigenvalue weighted by atomic mass is 10.0. The molecule has 3 rings (SSSR count). The van der Waals surface area contributed by atoms with E-state index in [0.717, 1.165) is 16.7 Å². The summed E-state index contributed by atoms with van der Waals surface area (Å²) in [7, 11) is 0. The Hall–Kier alpha value is -2.00. The normalized spacial score (nSPS) is 11.7. The average molecular weight is 188 g/mol. The first-order chi connectivity index (χ1) is 7.40. The van der Waals surface area contributed by atoms with Crippen molar-refractivity contribution < 1.29 is 0 Å². The fourth-order valence-electron chi connectivity index (χ4n) is 1.99. The largest absolute Gasteiger partial charge is 0.115 e. The molecular formula is C15H8. The Balaban J connectivity index is 2.32. The van der Waals surface area contributed by atoms with E-state index < -0.39 is 0 Å². The van der Waals surface area contributed by atoms with E-state index in [9.17, 15) is 0 Å². The van der Waals surface area contributed by atoms with E-state index in [4.69, 9.17) is 6.42 Å². The summed E-state index contributed by atoms with van der Waals surface area (Å²) in [6.45, 7) is 0. The third kappa shape index (κ3) is 1.10. The molecule has 0 unspecified atom stereocenters. The van der Waals surface area contributed by atoms with E-state index >= 15 is 0 Å². The van der Waals surface area contributed by atoms with Gasteiger partial charge in [-0.25, -0.2) is 0 Å². The van der Waals surface area contributed by atoms with E-state index in [0.29, 0.717) is 0 Å². The van der Waals surface area contributed by atoms with Crippen LogP contribution in [0, 0.1) is 18.8 Å². The van der Waals surface area contributed by atoms with Crippen LogP contribution in [0.15, 0.2) is 42.5 Å². The molecule has 1 aliphatic rings. The molecule has 2 radical (unpaired) electrons. The highest BCUT2D eigenvalue weighted by atomic mass is 14.2. The number of terminal acetylenes is 1. The molecule has 15 heavy (non-hydrogen) atoms. The molecule has 0 heteroatoms. The molecule has 0 atom stereocenters. The zero-order chi connectivity index (χ0) is 10.3. The zero-order valence-electron chi connectivity index (χ0n) is 8.12. The molecule has 2 aromatic carbocycles. The molecule has 2 aromatic rings. The van der Waals surface area contributed by atoms with Crippen molar-refractivity contribution in [3.8, 4) is 23.5 Å². The lowest BCUT2D eigenvalue weighted by molar-refractivity contribution is 1.51. The minimum atomic E-state index is 0.920. The van der Waals surface area contributed by atoms with Crippen LogP contribution < -0.4 is 0 Å². The molecule has 0 bridgehead atoms. The maximum Gasteiger partial charge on any atom is 0.0528 e. The molecule has 0 nitrogen and oxygen atoms in total. The Labute approximate surface area is 89.6 Å². The van der Waals surface area contributed by atoms with Crippen LogP contribution in [0.5, 0.6) is 0 Å². The van der Waals surface area contributed by atoms with E-state index in [1.807, 2.05) is 24.3 Å². The van der Waals surface area contributed by atoms with Gasteiger partial charge >= 0.3 is 0 Å². The summed E-state index contributed by atoms with van der Waals surface area (Å²) in [4.78, 5) is 0. The summed E-state index contributed by atoms with van der Waals surface area (Å²) in [6, 6.07) is 14.3. The Morgan fingerprint density at radius 3 is 2.60 bits per heavy atom. The summed E-state index contributed by atoms with van der Waals surface area (Å²) >= 11 is 0. The van der Waals surface area contributed by atoms with Gasteiger partial charge in [0, 0.05) is 5.56 Å². The molecule has 0 saturated heterocycles. The molecule has 68 valence electrons. The SMILES string of the molecule is C#Cc1cccc2c1[C]c1ccccc1-2. The molecule has 0 aromatic heterocycles. The average Bonchev–Trinajstić information content (AvgIpc) is 2.67. The molecule has 0 heterocycles. The van der Waals surface area contributed by atoms with Gasteiger partial charge in [-0.1, -0.05) is 42.3 Å². The summed E-state index contributed by atoms with van der Waals surface area (Å²) in [5.41, 5.74) is 5.53. The molecule has 1 aliphatic carbocycles. The zero-order valence-corrected chi connectivity index (χ0v) is 8.12. The van der Waals surface area contributed by atoms with Crippen molar-refractivity contribution in [1.82, 2.24) is 0 Å². The molecular weight excluding hydrogens is 180 g/mol. The number of benzene rings is 2. The smallest absolute Gasteiger partial charge is 0.0528 e. The second kappa shape index (κ2) is 3.00. The lowest BCUT2D eigenvalue weighted by Crippen LogP contribution is -1.84. The van der Waals surface area contributed by atoms with Crippen molar-refractivity contribution in [2.45, 2.75) is 0 Å². The van der Waals surface area contributed by atoms with Gasteiger partial charge in [0.1, 0.15) is 0 Å².